The Balaban J connectivity index is 1.87. The molecule has 2 rings (SSSR count). The number of rotatable bonds is 6. The molecule has 0 aliphatic rings. The van der Waals surface area contributed by atoms with Crippen LogP contribution in [0.1, 0.15) is 21.7 Å². The highest BCUT2D eigenvalue weighted by Gasteiger charge is 2.15. The maximum atomic E-state index is 12.1. The zero-order chi connectivity index (χ0) is 17.7. The topological polar surface area (TPSA) is 113 Å². The van der Waals surface area contributed by atoms with E-state index < -0.39 is 5.97 Å². The number of nitrogens with one attached hydrogen (secondary N) is 1. The Labute approximate surface area is 138 Å². The molecule has 0 saturated carbocycles. The second-order valence-corrected chi connectivity index (χ2v) is 5.30. The molecule has 0 fully saturated rings. The summed E-state index contributed by atoms with van der Waals surface area (Å²) in [6.45, 7) is 1.58. The zero-order valence-electron chi connectivity index (χ0n) is 13.3. The molecule has 0 spiro atoms. The van der Waals surface area contributed by atoms with Crippen LogP contribution in [0, 0.1) is 6.92 Å². The summed E-state index contributed by atoms with van der Waals surface area (Å²) >= 11 is 0. The molecule has 1 aromatic carbocycles. The van der Waals surface area contributed by atoms with Gasteiger partial charge in [0.1, 0.15) is 5.76 Å². The molecule has 8 nitrogen and oxygen atoms in total. The molecule has 0 radical (unpaired) electrons. The van der Waals surface area contributed by atoms with Crippen LogP contribution in [0.15, 0.2) is 34.9 Å². The molecule has 0 saturated heterocycles. The number of anilines is 1. The Kier molecular flexibility index (Phi) is 5.31. The Bertz CT molecular complexity index is 751. The van der Waals surface area contributed by atoms with Crippen LogP contribution < -0.4 is 5.32 Å². The van der Waals surface area contributed by atoms with Gasteiger partial charge in [-0.2, -0.15) is 0 Å². The fraction of sp³-hybridized carbons (Fsp3) is 0.250. The third-order valence-corrected chi connectivity index (χ3v) is 3.26. The van der Waals surface area contributed by atoms with Crippen LogP contribution >= 0.6 is 0 Å². The smallest absolute Gasteiger partial charge is 0.335 e. The quantitative estimate of drug-likeness (QED) is 0.825. The van der Waals surface area contributed by atoms with Gasteiger partial charge in [0, 0.05) is 13.1 Å². The van der Waals surface area contributed by atoms with Crippen molar-refractivity contribution in [3.8, 4) is 0 Å². The molecule has 1 aromatic heterocycles. The van der Waals surface area contributed by atoms with Gasteiger partial charge in [0.25, 0.3) is 0 Å². The van der Waals surface area contributed by atoms with E-state index in [0.29, 0.717) is 17.1 Å². The van der Waals surface area contributed by atoms with Crippen LogP contribution in [0.3, 0.4) is 0 Å². The first-order chi connectivity index (χ1) is 11.3. The van der Waals surface area contributed by atoms with Crippen molar-refractivity contribution in [2.45, 2.75) is 13.3 Å². The van der Waals surface area contributed by atoms with E-state index in [1.54, 1.807) is 25.1 Å². The van der Waals surface area contributed by atoms with Crippen LogP contribution in [0.2, 0.25) is 0 Å². The minimum Gasteiger partial charge on any atom is -0.478 e. The summed E-state index contributed by atoms with van der Waals surface area (Å²) in [5, 5.41) is 15.0. The first kappa shape index (κ1) is 17.2. The van der Waals surface area contributed by atoms with Crippen molar-refractivity contribution in [2.24, 2.45) is 0 Å². The Morgan fingerprint density at radius 1 is 1.25 bits per heavy atom. The number of aromatic carboxylic acids is 1. The van der Waals surface area contributed by atoms with Crippen molar-refractivity contribution in [3.05, 3.63) is 47.2 Å². The number of carbonyl (C=O) groups excluding carboxylic acids is 2. The number of aryl methyl sites for hydroxylation is 1. The molecule has 2 aromatic rings. The van der Waals surface area contributed by atoms with Crippen LogP contribution in [-0.4, -0.2) is 46.5 Å². The molecular formula is C16H17N3O5. The molecule has 2 N–H and O–H groups in total. The fourth-order valence-corrected chi connectivity index (χ4v) is 1.99. The summed E-state index contributed by atoms with van der Waals surface area (Å²) in [7, 11) is 1.52. The lowest BCUT2D eigenvalue weighted by atomic mass is 10.1. The molecule has 0 aliphatic carbocycles. The number of hydrogen-bond acceptors (Lipinski definition) is 5. The highest BCUT2D eigenvalue weighted by molar-refractivity contribution is 5.94. The Morgan fingerprint density at radius 2 is 1.92 bits per heavy atom. The second-order valence-electron chi connectivity index (χ2n) is 5.30. The van der Waals surface area contributed by atoms with Gasteiger partial charge in [-0.1, -0.05) is 17.3 Å². The number of nitrogens with zero attached hydrogens (tertiary/aromatic N) is 2. The molecule has 1 heterocycles. The number of hydrogen-bond donors (Lipinski definition) is 2. The van der Waals surface area contributed by atoms with E-state index in [1.807, 2.05) is 0 Å². The Morgan fingerprint density at radius 3 is 2.46 bits per heavy atom. The van der Waals surface area contributed by atoms with E-state index >= 15 is 0 Å². The molecule has 0 unspecified atom stereocenters. The largest absolute Gasteiger partial charge is 0.478 e. The van der Waals surface area contributed by atoms with Crippen molar-refractivity contribution in [1.29, 1.82) is 0 Å². The number of aromatic nitrogens is 1. The third-order valence-electron chi connectivity index (χ3n) is 3.26. The minimum absolute atomic E-state index is 0.0761. The van der Waals surface area contributed by atoms with Gasteiger partial charge in [-0.05, 0) is 24.6 Å². The van der Waals surface area contributed by atoms with E-state index in [-0.39, 0.29) is 30.3 Å². The first-order valence-corrected chi connectivity index (χ1v) is 7.14. The monoisotopic (exact) mass is 331 g/mol. The SMILES string of the molecule is Cc1cc(NC(=O)CN(C)C(=O)Cc2ccc(C(=O)O)cc2)no1. The van der Waals surface area contributed by atoms with E-state index in [2.05, 4.69) is 10.5 Å². The highest BCUT2D eigenvalue weighted by Crippen LogP contribution is 2.08. The average molecular weight is 331 g/mol. The lowest BCUT2D eigenvalue weighted by molar-refractivity contribution is -0.132. The van der Waals surface area contributed by atoms with Gasteiger partial charge in [-0.25, -0.2) is 4.79 Å². The normalized spacial score (nSPS) is 10.2. The summed E-state index contributed by atoms with van der Waals surface area (Å²) in [4.78, 5) is 36.0. The van der Waals surface area contributed by atoms with E-state index in [1.165, 1.54) is 24.1 Å². The summed E-state index contributed by atoms with van der Waals surface area (Å²) in [5.74, 6) is -0.808. The Hall–Kier alpha value is -3.16. The van der Waals surface area contributed by atoms with Crippen molar-refractivity contribution >= 4 is 23.6 Å². The molecule has 24 heavy (non-hydrogen) atoms. The number of benzene rings is 1. The minimum atomic E-state index is -1.02. The standard InChI is InChI=1S/C16H17N3O5/c1-10-7-13(18-24-10)17-14(20)9-19(2)15(21)8-11-3-5-12(6-4-11)16(22)23/h3-7H,8-9H2,1-2H3,(H,22,23)(H,17,18,20). The number of carboxylic acid groups (broad SMARTS) is 1. The first-order valence-electron chi connectivity index (χ1n) is 7.14. The van der Waals surface area contributed by atoms with Crippen molar-refractivity contribution in [1.82, 2.24) is 10.1 Å². The van der Waals surface area contributed by atoms with E-state index in [9.17, 15) is 14.4 Å². The predicted octanol–water partition coefficient (Wildman–Crippen LogP) is 1.32. The van der Waals surface area contributed by atoms with Crippen LogP contribution in [-0.2, 0) is 16.0 Å². The van der Waals surface area contributed by atoms with Crippen molar-refractivity contribution in [3.63, 3.8) is 0 Å². The fourth-order valence-electron chi connectivity index (χ4n) is 1.99. The van der Waals surface area contributed by atoms with E-state index in [4.69, 9.17) is 9.63 Å². The molecule has 0 atom stereocenters. The van der Waals surface area contributed by atoms with Gasteiger partial charge >= 0.3 is 5.97 Å². The molecule has 0 bridgehead atoms. The van der Waals surface area contributed by atoms with Crippen LogP contribution in [0.4, 0.5) is 5.82 Å². The van der Waals surface area contributed by atoms with Gasteiger partial charge in [0.05, 0.1) is 18.5 Å². The lowest BCUT2D eigenvalue weighted by Gasteiger charge is -2.16. The third kappa shape index (κ3) is 4.67. The second kappa shape index (κ2) is 7.40. The van der Waals surface area contributed by atoms with Gasteiger partial charge < -0.3 is 19.8 Å². The van der Waals surface area contributed by atoms with Crippen molar-refractivity contribution < 1.29 is 24.0 Å². The zero-order valence-corrected chi connectivity index (χ0v) is 13.3. The summed E-state index contributed by atoms with van der Waals surface area (Å²) < 4.78 is 4.84. The maximum Gasteiger partial charge on any atom is 0.335 e. The van der Waals surface area contributed by atoms with Gasteiger partial charge in [-0.3, -0.25) is 9.59 Å². The summed E-state index contributed by atoms with van der Waals surface area (Å²) in [6.07, 6.45) is 0.0761. The van der Waals surface area contributed by atoms with Gasteiger partial charge in [-0.15, -0.1) is 0 Å². The van der Waals surface area contributed by atoms with Crippen LogP contribution in [0.5, 0.6) is 0 Å². The molecule has 0 aliphatic heterocycles. The number of amides is 2. The van der Waals surface area contributed by atoms with E-state index in [0.717, 1.165) is 0 Å². The number of carboxylic acids is 1. The van der Waals surface area contributed by atoms with Gasteiger partial charge in [0.15, 0.2) is 5.82 Å². The molecular weight excluding hydrogens is 314 g/mol. The summed E-state index contributed by atoms with van der Waals surface area (Å²) in [6, 6.07) is 7.60. The number of carbonyl (C=O) groups is 3. The lowest BCUT2D eigenvalue weighted by Crippen LogP contribution is -2.35. The molecule has 8 heteroatoms. The molecule has 126 valence electrons. The predicted molar refractivity (Wildman–Crippen MR) is 84.6 cm³/mol. The van der Waals surface area contributed by atoms with Gasteiger partial charge in [0.2, 0.25) is 11.8 Å². The summed E-state index contributed by atoms with van der Waals surface area (Å²) in [5.41, 5.74) is 0.825. The van der Waals surface area contributed by atoms with Crippen LogP contribution in [0.25, 0.3) is 0 Å². The maximum absolute atomic E-state index is 12.1. The van der Waals surface area contributed by atoms with Crippen molar-refractivity contribution in [2.75, 3.05) is 18.9 Å². The number of likely N-dealkylation sites (N-methyl/N-ethyl adjacent to an activating group) is 1. The highest BCUT2D eigenvalue weighted by atomic mass is 16.5. The molecule has 2 amide bonds. The average Bonchev–Trinajstić information content (AvgIpc) is 2.92.